The second-order valence-electron chi connectivity index (χ2n) is 6.41. The number of nitrogens with zero attached hydrogens (tertiary/aromatic N) is 4. The van der Waals surface area contributed by atoms with Crippen LogP contribution in [-0.4, -0.2) is 46.0 Å². The first kappa shape index (κ1) is 17.3. The van der Waals surface area contributed by atoms with Gasteiger partial charge in [-0.15, -0.1) is 5.10 Å². The summed E-state index contributed by atoms with van der Waals surface area (Å²) in [5.74, 6) is 2.12. The minimum Gasteiger partial charge on any atom is -0.493 e. The van der Waals surface area contributed by atoms with Gasteiger partial charge in [-0.1, -0.05) is 24.3 Å². The van der Waals surface area contributed by atoms with Crippen LogP contribution in [-0.2, 0) is 17.9 Å². The molecule has 0 spiro atoms. The van der Waals surface area contributed by atoms with Crippen LogP contribution in [0.15, 0.2) is 30.5 Å². The zero-order chi connectivity index (χ0) is 17.6. The van der Waals surface area contributed by atoms with Crippen LogP contribution in [0.1, 0.15) is 25.5 Å². The van der Waals surface area contributed by atoms with Crippen LogP contribution in [0.4, 0.5) is 0 Å². The highest BCUT2D eigenvalue weighted by atomic mass is 16.5. The third-order valence-corrected chi connectivity index (χ3v) is 4.46. The number of ether oxygens (including phenoxy) is 2. The molecule has 134 valence electrons. The Morgan fingerprint density at radius 1 is 1.24 bits per heavy atom. The van der Waals surface area contributed by atoms with Crippen molar-refractivity contribution in [2.75, 3.05) is 20.2 Å². The molecule has 0 saturated carbocycles. The SMILES string of the molecule is COc1ccccc1OCc1cn(CC(=O)N2CCC(C)CC2)nn1. The fourth-order valence-corrected chi connectivity index (χ4v) is 2.87. The Hall–Kier alpha value is -2.57. The van der Waals surface area contributed by atoms with Crippen molar-refractivity contribution in [2.24, 2.45) is 5.92 Å². The van der Waals surface area contributed by atoms with E-state index in [4.69, 9.17) is 9.47 Å². The predicted octanol–water partition coefficient (Wildman–Crippen LogP) is 2.12. The van der Waals surface area contributed by atoms with E-state index in [1.54, 1.807) is 18.0 Å². The molecule has 0 aliphatic carbocycles. The van der Waals surface area contributed by atoms with Crippen LogP contribution in [0.25, 0.3) is 0 Å². The topological polar surface area (TPSA) is 69.5 Å². The Morgan fingerprint density at radius 3 is 2.68 bits per heavy atom. The van der Waals surface area contributed by atoms with Crippen molar-refractivity contribution in [3.8, 4) is 11.5 Å². The Bertz CT molecular complexity index is 708. The number of benzene rings is 1. The molecule has 0 atom stereocenters. The standard InChI is InChI=1S/C18H24N4O3/c1-14-7-9-21(10-8-14)18(23)12-22-11-15(19-20-22)13-25-17-6-4-3-5-16(17)24-2/h3-6,11,14H,7-10,12-13H2,1-2H3. The Kier molecular flexibility index (Phi) is 5.53. The molecule has 0 unspecified atom stereocenters. The van der Waals surface area contributed by atoms with Crippen molar-refractivity contribution in [3.05, 3.63) is 36.2 Å². The van der Waals surface area contributed by atoms with Gasteiger partial charge in [0, 0.05) is 13.1 Å². The van der Waals surface area contributed by atoms with E-state index >= 15 is 0 Å². The third-order valence-electron chi connectivity index (χ3n) is 4.46. The van der Waals surface area contributed by atoms with Gasteiger partial charge >= 0.3 is 0 Å². The number of amides is 1. The van der Waals surface area contributed by atoms with E-state index in [1.807, 2.05) is 29.2 Å². The lowest BCUT2D eigenvalue weighted by Gasteiger charge is -2.30. The van der Waals surface area contributed by atoms with Crippen molar-refractivity contribution in [2.45, 2.75) is 32.9 Å². The monoisotopic (exact) mass is 344 g/mol. The molecule has 2 aromatic rings. The molecule has 1 fully saturated rings. The molecular formula is C18H24N4O3. The van der Waals surface area contributed by atoms with Gasteiger partial charge in [0.15, 0.2) is 11.5 Å². The Labute approximate surface area is 147 Å². The minimum absolute atomic E-state index is 0.0917. The first-order valence-corrected chi connectivity index (χ1v) is 8.58. The normalized spacial score (nSPS) is 15.2. The van der Waals surface area contributed by atoms with Crippen LogP contribution in [0, 0.1) is 5.92 Å². The van der Waals surface area contributed by atoms with Crippen LogP contribution in [0.5, 0.6) is 11.5 Å². The molecule has 1 saturated heterocycles. The zero-order valence-electron chi connectivity index (χ0n) is 14.7. The highest BCUT2D eigenvalue weighted by Crippen LogP contribution is 2.26. The average Bonchev–Trinajstić information content (AvgIpc) is 3.08. The maximum absolute atomic E-state index is 12.3. The van der Waals surface area contributed by atoms with Crippen molar-refractivity contribution < 1.29 is 14.3 Å². The summed E-state index contributed by atoms with van der Waals surface area (Å²) >= 11 is 0. The first-order chi connectivity index (χ1) is 12.2. The number of hydrogen-bond acceptors (Lipinski definition) is 5. The number of rotatable bonds is 6. The highest BCUT2D eigenvalue weighted by Gasteiger charge is 2.20. The lowest BCUT2D eigenvalue weighted by atomic mass is 9.99. The molecular weight excluding hydrogens is 320 g/mol. The summed E-state index contributed by atoms with van der Waals surface area (Å²) in [5.41, 5.74) is 0.672. The van der Waals surface area contributed by atoms with Crippen LogP contribution in [0.3, 0.4) is 0 Å². The summed E-state index contributed by atoms with van der Waals surface area (Å²) in [6.45, 7) is 4.38. The quantitative estimate of drug-likeness (QED) is 0.803. The minimum atomic E-state index is 0.0917. The molecule has 0 radical (unpaired) electrons. The maximum atomic E-state index is 12.3. The van der Waals surface area contributed by atoms with Gasteiger partial charge in [0.25, 0.3) is 0 Å². The lowest BCUT2D eigenvalue weighted by Crippen LogP contribution is -2.39. The van der Waals surface area contributed by atoms with E-state index in [0.717, 1.165) is 25.9 Å². The molecule has 1 amide bonds. The molecule has 0 bridgehead atoms. The van der Waals surface area contributed by atoms with Gasteiger partial charge in [0.05, 0.1) is 13.3 Å². The van der Waals surface area contributed by atoms with Crippen LogP contribution >= 0.6 is 0 Å². The summed E-state index contributed by atoms with van der Waals surface area (Å²) in [6, 6.07) is 7.44. The summed E-state index contributed by atoms with van der Waals surface area (Å²) in [6.07, 6.45) is 3.89. The van der Waals surface area contributed by atoms with E-state index in [2.05, 4.69) is 17.2 Å². The number of aromatic nitrogens is 3. The van der Waals surface area contributed by atoms with E-state index in [0.29, 0.717) is 23.1 Å². The number of hydrogen-bond donors (Lipinski definition) is 0. The Balaban J connectivity index is 1.53. The molecule has 1 aromatic carbocycles. The second-order valence-corrected chi connectivity index (χ2v) is 6.41. The van der Waals surface area contributed by atoms with Crippen molar-refractivity contribution in [1.82, 2.24) is 19.9 Å². The molecule has 1 aromatic heterocycles. The number of piperidine rings is 1. The van der Waals surface area contributed by atoms with Gasteiger partial charge in [-0.3, -0.25) is 4.79 Å². The first-order valence-electron chi connectivity index (χ1n) is 8.58. The maximum Gasteiger partial charge on any atom is 0.244 e. The lowest BCUT2D eigenvalue weighted by molar-refractivity contribution is -0.133. The molecule has 1 aliphatic heterocycles. The molecule has 1 aliphatic rings. The van der Waals surface area contributed by atoms with Crippen molar-refractivity contribution >= 4 is 5.91 Å². The molecule has 7 heteroatoms. The number of carbonyl (C=O) groups is 1. The summed E-state index contributed by atoms with van der Waals surface area (Å²) in [4.78, 5) is 14.2. The van der Waals surface area contributed by atoms with E-state index in [1.165, 1.54) is 0 Å². The van der Waals surface area contributed by atoms with E-state index in [9.17, 15) is 4.79 Å². The van der Waals surface area contributed by atoms with Gasteiger partial charge in [-0.05, 0) is 30.9 Å². The molecule has 3 rings (SSSR count). The highest BCUT2D eigenvalue weighted by molar-refractivity contribution is 5.75. The van der Waals surface area contributed by atoms with E-state index in [-0.39, 0.29) is 19.1 Å². The number of para-hydroxylation sites is 2. The second kappa shape index (κ2) is 8.00. The molecule has 7 nitrogen and oxygen atoms in total. The third kappa shape index (κ3) is 4.49. The smallest absolute Gasteiger partial charge is 0.244 e. The van der Waals surface area contributed by atoms with E-state index < -0.39 is 0 Å². The summed E-state index contributed by atoms with van der Waals surface area (Å²) in [5, 5.41) is 8.10. The fourth-order valence-electron chi connectivity index (χ4n) is 2.87. The molecule has 0 N–H and O–H groups in total. The van der Waals surface area contributed by atoms with Gasteiger partial charge in [0.1, 0.15) is 18.8 Å². The Morgan fingerprint density at radius 2 is 1.96 bits per heavy atom. The van der Waals surface area contributed by atoms with Gasteiger partial charge in [0.2, 0.25) is 5.91 Å². The molecule has 2 heterocycles. The zero-order valence-corrected chi connectivity index (χ0v) is 14.7. The van der Waals surface area contributed by atoms with Crippen molar-refractivity contribution in [3.63, 3.8) is 0 Å². The summed E-state index contributed by atoms with van der Waals surface area (Å²) in [7, 11) is 1.60. The van der Waals surface area contributed by atoms with Crippen LogP contribution in [0.2, 0.25) is 0 Å². The van der Waals surface area contributed by atoms with Gasteiger partial charge < -0.3 is 14.4 Å². The number of carbonyl (C=O) groups excluding carboxylic acids is 1. The predicted molar refractivity (Wildman–Crippen MR) is 92.3 cm³/mol. The number of likely N-dealkylation sites (tertiary alicyclic amines) is 1. The number of methoxy groups -OCH3 is 1. The van der Waals surface area contributed by atoms with Gasteiger partial charge in [-0.25, -0.2) is 4.68 Å². The van der Waals surface area contributed by atoms with Crippen molar-refractivity contribution in [1.29, 1.82) is 0 Å². The summed E-state index contributed by atoms with van der Waals surface area (Å²) < 4.78 is 12.5. The van der Waals surface area contributed by atoms with Crippen LogP contribution < -0.4 is 9.47 Å². The van der Waals surface area contributed by atoms with Gasteiger partial charge in [-0.2, -0.15) is 0 Å². The molecule has 25 heavy (non-hydrogen) atoms. The fraction of sp³-hybridized carbons (Fsp3) is 0.500. The largest absolute Gasteiger partial charge is 0.493 e. The average molecular weight is 344 g/mol.